The molecule has 1 rings (SSSR count). The topological polar surface area (TPSA) is 35.6 Å². The highest BCUT2D eigenvalue weighted by Crippen LogP contribution is 2.20. The standard InChI is InChI=1S/C15H25N3O/c1-5-10-18(12-15(19)17(3)4)14-9-7-6-8-13(14)11-16-2/h6-9,16H,5,10-12H2,1-4H3. The summed E-state index contributed by atoms with van der Waals surface area (Å²) in [5.41, 5.74) is 2.37. The molecule has 0 fully saturated rings. The number of likely N-dealkylation sites (N-methyl/N-ethyl adjacent to an activating group) is 1. The monoisotopic (exact) mass is 263 g/mol. The number of nitrogens with one attached hydrogen (secondary N) is 1. The van der Waals surface area contributed by atoms with E-state index in [4.69, 9.17) is 0 Å². The van der Waals surface area contributed by atoms with Crippen molar-refractivity contribution in [2.24, 2.45) is 0 Å². The molecule has 0 atom stereocenters. The number of amides is 1. The number of anilines is 1. The van der Waals surface area contributed by atoms with E-state index < -0.39 is 0 Å². The van der Waals surface area contributed by atoms with E-state index in [2.05, 4.69) is 29.3 Å². The molecule has 106 valence electrons. The Morgan fingerprint density at radius 2 is 1.95 bits per heavy atom. The van der Waals surface area contributed by atoms with Crippen LogP contribution in [0.15, 0.2) is 24.3 Å². The molecule has 0 aliphatic rings. The van der Waals surface area contributed by atoms with E-state index in [1.165, 1.54) is 5.56 Å². The molecular weight excluding hydrogens is 238 g/mol. The van der Waals surface area contributed by atoms with E-state index in [0.29, 0.717) is 6.54 Å². The molecule has 0 bridgehead atoms. The third kappa shape index (κ3) is 4.56. The Morgan fingerprint density at radius 3 is 2.53 bits per heavy atom. The summed E-state index contributed by atoms with van der Waals surface area (Å²) in [4.78, 5) is 15.7. The van der Waals surface area contributed by atoms with Crippen LogP contribution in [0.5, 0.6) is 0 Å². The molecule has 0 aromatic heterocycles. The fourth-order valence-corrected chi connectivity index (χ4v) is 2.02. The third-order valence-corrected chi connectivity index (χ3v) is 3.02. The van der Waals surface area contributed by atoms with Gasteiger partial charge in [0.1, 0.15) is 0 Å². The van der Waals surface area contributed by atoms with Gasteiger partial charge < -0.3 is 15.1 Å². The quantitative estimate of drug-likeness (QED) is 0.813. The Hall–Kier alpha value is -1.55. The molecular formula is C15H25N3O. The maximum Gasteiger partial charge on any atom is 0.241 e. The van der Waals surface area contributed by atoms with Crippen LogP contribution < -0.4 is 10.2 Å². The van der Waals surface area contributed by atoms with Gasteiger partial charge in [-0.05, 0) is 25.1 Å². The van der Waals surface area contributed by atoms with Gasteiger partial charge in [-0.15, -0.1) is 0 Å². The smallest absolute Gasteiger partial charge is 0.241 e. The summed E-state index contributed by atoms with van der Waals surface area (Å²) in [6.45, 7) is 4.27. The number of hydrogen-bond donors (Lipinski definition) is 1. The number of carbonyl (C=O) groups is 1. The second kappa shape index (κ2) is 7.79. The van der Waals surface area contributed by atoms with Crippen molar-refractivity contribution in [3.63, 3.8) is 0 Å². The van der Waals surface area contributed by atoms with Gasteiger partial charge in [0.15, 0.2) is 0 Å². The first-order valence-electron chi connectivity index (χ1n) is 6.77. The zero-order valence-electron chi connectivity index (χ0n) is 12.4. The van der Waals surface area contributed by atoms with Crippen LogP contribution in [0, 0.1) is 0 Å². The van der Waals surface area contributed by atoms with Crippen LogP contribution in [-0.4, -0.2) is 45.0 Å². The summed E-state index contributed by atoms with van der Waals surface area (Å²) >= 11 is 0. The van der Waals surface area contributed by atoms with Gasteiger partial charge in [-0.3, -0.25) is 4.79 Å². The summed E-state index contributed by atoms with van der Waals surface area (Å²) in [5, 5.41) is 3.18. The molecule has 0 spiro atoms. The van der Waals surface area contributed by atoms with Crippen LogP contribution in [-0.2, 0) is 11.3 Å². The number of nitrogens with zero attached hydrogens (tertiary/aromatic N) is 2. The molecule has 0 aliphatic heterocycles. The molecule has 1 aromatic carbocycles. The highest BCUT2D eigenvalue weighted by atomic mass is 16.2. The first kappa shape index (κ1) is 15.5. The number of hydrogen-bond acceptors (Lipinski definition) is 3. The number of para-hydroxylation sites is 1. The third-order valence-electron chi connectivity index (χ3n) is 3.02. The summed E-state index contributed by atoms with van der Waals surface area (Å²) in [6.07, 6.45) is 1.02. The molecule has 0 radical (unpaired) electrons. The van der Waals surface area contributed by atoms with Gasteiger partial charge in [0, 0.05) is 32.9 Å². The molecule has 1 amide bonds. The van der Waals surface area contributed by atoms with Gasteiger partial charge in [-0.2, -0.15) is 0 Å². The largest absolute Gasteiger partial charge is 0.362 e. The number of rotatable bonds is 7. The summed E-state index contributed by atoms with van der Waals surface area (Å²) in [6, 6.07) is 8.26. The Bertz CT molecular complexity index is 404. The zero-order chi connectivity index (χ0) is 14.3. The van der Waals surface area contributed by atoms with E-state index in [9.17, 15) is 4.79 Å². The van der Waals surface area contributed by atoms with Crippen molar-refractivity contribution in [1.82, 2.24) is 10.2 Å². The average Bonchev–Trinajstić information content (AvgIpc) is 2.39. The predicted molar refractivity (Wildman–Crippen MR) is 80.4 cm³/mol. The van der Waals surface area contributed by atoms with Gasteiger partial charge in [-0.1, -0.05) is 25.1 Å². The molecule has 19 heavy (non-hydrogen) atoms. The van der Waals surface area contributed by atoms with Gasteiger partial charge in [0.2, 0.25) is 5.91 Å². The highest BCUT2D eigenvalue weighted by molar-refractivity contribution is 5.81. The summed E-state index contributed by atoms with van der Waals surface area (Å²) < 4.78 is 0. The average molecular weight is 263 g/mol. The molecule has 4 heteroatoms. The number of benzene rings is 1. The normalized spacial score (nSPS) is 10.3. The van der Waals surface area contributed by atoms with Crippen LogP contribution in [0.4, 0.5) is 5.69 Å². The van der Waals surface area contributed by atoms with Gasteiger partial charge in [0.05, 0.1) is 6.54 Å². The highest BCUT2D eigenvalue weighted by Gasteiger charge is 2.14. The van der Waals surface area contributed by atoms with E-state index >= 15 is 0 Å². The minimum Gasteiger partial charge on any atom is -0.362 e. The fraction of sp³-hybridized carbons (Fsp3) is 0.533. The van der Waals surface area contributed by atoms with Crippen molar-refractivity contribution in [2.75, 3.05) is 39.1 Å². The van der Waals surface area contributed by atoms with Crippen molar-refractivity contribution < 1.29 is 4.79 Å². The maximum absolute atomic E-state index is 11.9. The van der Waals surface area contributed by atoms with Crippen molar-refractivity contribution in [3.8, 4) is 0 Å². The lowest BCUT2D eigenvalue weighted by Crippen LogP contribution is -2.37. The molecule has 4 nitrogen and oxygen atoms in total. The van der Waals surface area contributed by atoms with Crippen molar-refractivity contribution in [2.45, 2.75) is 19.9 Å². The van der Waals surface area contributed by atoms with Crippen LogP contribution in [0.25, 0.3) is 0 Å². The first-order valence-corrected chi connectivity index (χ1v) is 6.77. The molecule has 1 N–H and O–H groups in total. The van der Waals surface area contributed by atoms with Gasteiger partial charge >= 0.3 is 0 Å². The van der Waals surface area contributed by atoms with E-state index in [-0.39, 0.29) is 5.91 Å². The fourth-order valence-electron chi connectivity index (χ4n) is 2.02. The summed E-state index contributed by atoms with van der Waals surface area (Å²) in [5.74, 6) is 0.132. The summed E-state index contributed by atoms with van der Waals surface area (Å²) in [7, 11) is 5.53. The molecule has 0 heterocycles. The van der Waals surface area contributed by atoms with E-state index in [0.717, 1.165) is 25.2 Å². The Morgan fingerprint density at radius 1 is 1.26 bits per heavy atom. The lowest BCUT2D eigenvalue weighted by molar-refractivity contribution is -0.127. The van der Waals surface area contributed by atoms with Crippen LogP contribution in [0.2, 0.25) is 0 Å². The van der Waals surface area contributed by atoms with Gasteiger partial charge in [-0.25, -0.2) is 0 Å². The van der Waals surface area contributed by atoms with Crippen LogP contribution in [0.3, 0.4) is 0 Å². The van der Waals surface area contributed by atoms with Crippen LogP contribution >= 0.6 is 0 Å². The first-order chi connectivity index (χ1) is 9.10. The van der Waals surface area contributed by atoms with Crippen molar-refractivity contribution in [3.05, 3.63) is 29.8 Å². The molecule has 0 unspecified atom stereocenters. The second-order valence-corrected chi connectivity index (χ2v) is 4.87. The molecule has 0 aliphatic carbocycles. The van der Waals surface area contributed by atoms with Crippen LogP contribution in [0.1, 0.15) is 18.9 Å². The molecule has 1 aromatic rings. The van der Waals surface area contributed by atoms with E-state index in [1.54, 1.807) is 19.0 Å². The number of carbonyl (C=O) groups excluding carboxylic acids is 1. The maximum atomic E-state index is 11.9. The van der Waals surface area contributed by atoms with Crippen molar-refractivity contribution in [1.29, 1.82) is 0 Å². The van der Waals surface area contributed by atoms with Gasteiger partial charge in [0.25, 0.3) is 0 Å². The SMILES string of the molecule is CCCN(CC(=O)N(C)C)c1ccccc1CNC. The predicted octanol–water partition coefficient (Wildman–Crippen LogP) is 1.71. The Labute approximate surface area is 116 Å². The minimum absolute atomic E-state index is 0.132. The lowest BCUT2D eigenvalue weighted by Gasteiger charge is -2.27. The second-order valence-electron chi connectivity index (χ2n) is 4.87. The Balaban J connectivity index is 2.94. The zero-order valence-corrected chi connectivity index (χ0v) is 12.4. The molecule has 0 saturated carbocycles. The lowest BCUT2D eigenvalue weighted by atomic mass is 10.1. The van der Waals surface area contributed by atoms with Crippen molar-refractivity contribution >= 4 is 11.6 Å². The minimum atomic E-state index is 0.132. The Kier molecular flexibility index (Phi) is 6.36. The van der Waals surface area contributed by atoms with E-state index in [1.807, 2.05) is 19.2 Å². The molecule has 0 saturated heterocycles.